The maximum atomic E-state index is 13.8. The molecule has 0 unspecified atom stereocenters. The highest BCUT2D eigenvalue weighted by atomic mass is 35.5. The molecule has 0 spiro atoms. The Morgan fingerprint density at radius 3 is 2.47 bits per heavy atom. The summed E-state index contributed by atoms with van der Waals surface area (Å²) < 4.78 is 18.8. The molecule has 0 N–H and O–H groups in total. The van der Waals surface area contributed by atoms with Gasteiger partial charge in [-0.3, -0.25) is 0 Å². The SMILES string of the molecule is FC1(c2cc(-c3c(Cl)cccc3Cl)no2)CC1. The Balaban J connectivity index is 2.07. The van der Waals surface area contributed by atoms with Gasteiger partial charge >= 0.3 is 0 Å². The molecule has 5 heteroatoms. The molecule has 3 rings (SSSR count). The Hall–Kier alpha value is -1.06. The van der Waals surface area contributed by atoms with Crippen LogP contribution in [-0.4, -0.2) is 5.16 Å². The highest BCUT2D eigenvalue weighted by Crippen LogP contribution is 2.50. The Morgan fingerprint density at radius 1 is 1.24 bits per heavy atom. The lowest BCUT2D eigenvalue weighted by Gasteiger charge is -2.01. The first-order valence-electron chi connectivity index (χ1n) is 5.21. The summed E-state index contributed by atoms with van der Waals surface area (Å²) in [5, 5.41) is 4.78. The first kappa shape index (κ1) is 11.1. The first-order valence-corrected chi connectivity index (χ1v) is 5.96. The van der Waals surface area contributed by atoms with Gasteiger partial charge < -0.3 is 4.52 Å². The van der Waals surface area contributed by atoms with Crippen LogP contribution in [0.1, 0.15) is 18.6 Å². The van der Waals surface area contributed by atoms with Crippen molar-refractivity contribution in [2.45, 2.75) is 18.5 Å². The van der Waals surface area contributed by atoms with Crippen LogP contribution < -0.4 is 0 Å². The topological polar surface area (TPSA) is 26.0 Å². The van der Waals surface area contributed by atoms with Gasteiger partial charge in [-0.05, 0) is 25.0 Å². The highest BCUT2D eigenvalue weighted by Gasteiger charge is 2.48. The van der Waals surface area contributed by atoms with Gasteiger partial charge in [0.1, 0.15) is 5.69 Å². The molecular weight excluding hydrogens is 264 g/mol. The van der Waals surface area contributed by atoms with Crippen LogP contribution in [0.3, 0.4) is 0 Å². The van der Waals surface area contributed by atoms with Gasteiger partial charge in [0.25, 0.3) is 0 Å². The average Bonchev–Trinajstić information content (AvgIpc) is 2.86. The van der Waals surface area contributed by atoms with Gasteiger partial charge in [0.15, 0.2) is 11.4 Å². The lowest BCUT2D eigenvalue weighted by atomic mass is 10.1. The maximum Gasteiger partial charge on any atom is 0.174 e. The van der Waals surface area contributed by atoms with Crippen LogP contribution in [0.15, 0.2) is 28.8 Å². The van der Waals surface area contributed by atoms with E-state index >= 15 is 0 Å². The van der Waals surface area contributed by atoms with Crippen molar-refractivity contribution in [3.63, 3.8) is 0 Å². The second-order valence-electron chi connectivity index (χ2n) is 4.14. The molecule has 1 saturated carbocycles. The van der Waals surface area contributed by atoms with Crippen LogP contribution in [0.2, 0.25) is 10.0 Å². The predicted molar refractivity (Wildman–Crippen MR) is 64.0 cm³/mol. The Bertz CT molecular complexity index is 557. The summed E-state index contributed by atoms with van der Waals surface area (Å²) in [6.45, 7) is 0. The Kier molecular flexibility index (Phi) is 2.42. The molecule has 1 aromatic carbocycles. The molecule has 0 amide bonds. The average molecular weight is 272 g/mol. The van der Waals surface area contributed by atoms with Gasteiger partial charge in [-0.1, -0.05) is 34.4 Å². The minimum atomic E-state index is -1.33. The largest absolute Gasteiger partial charge is 0.357 e. The highest BCUT2D eigenvalue weighted by molar-refractivity contribution is 6.39. The van der Waals surface area contributed by atoms with Crippen molar-refractivity contribution in [2.75, 3.05) is 0 Å². The third-order valence-corrected chi connectivity index (χ3v) is 3.49. The monoisotopic (exact) mass is 271 g/mol. The van der Waals surface area contributed by atoms with E-state index in [2.05, 4.69) is 5.16 Å². The van der Waals surface area contributed by atoms with E-state index in [0.29, 0.717) is 34.1 Å². The molecule has 0 saturated heterocycles. The Labute approximate surface area is 107 Å². The molecule has 1 fully saturated rings. The summed E-state index contributed by atoms with van der Waals surface area (Å²) in [5.74, 6) is 0.253. The zero-order valence-corrected chi connectivity index (χ0v) is 10.2. The van der Waals surface area contributed by atoms with E-state index in [0.717, 1.165) is 0 Å². The van der Waals surface area contributed by atoms with E-state index in [9.17, 15) is 4.39 Å². The molecular formula is C12H8Cl2FNO. The molecule has 0 aliphatic heterocycles. The second-order valence-corrected chi connectivity index (χ2v) is 4.95. The van der Waals surface area contributed by atoms with Gasteiger partial charge in [-0.15, -0.1) is 0 Å². The molecule has 0 radical (unpaired) electrons. The van der Waals surface area contributed by atoms with E-state index < -0.39 is 5.67 Å². The molecule has 2 nitrogen and oxygen atoms in total. The molecule has 1 aromatic heterocycles. The van der Waals surface area contributed by atoms with Crippen molar-refractivity contribution >= 4 is 23.2 Å². The number of benzene rings is 1. The standard InChI is InChI=1S/C12H8Cl2FNO/c13-7-2-1-3-8(14)11(7)9-6-10(17-16-9)12(15)4-5-12/h1-3,6H,4-5H2. The fourth-order valence-corrected chi connectivity index (χ4v) is 2.29. The number of nitrogens with zero attached hydrogens (tertiary/aromatic N) is 1. The van der Waals surface area contributed by atoms with E-state index in [1.807, 2.05) is 0 Å². The van der Waals surface area contributed by atoms with Crippen LogP contribution in [0.25, 0.3) is 11.3 Å². The van der Waals surface area contributed by atoms with Crippen LogP contribution >= 0.6 is 23.2 Å². The summed E-state index contributed by atoms with van der Waals surface area (Å²) in [5.41, 5.74) is -0.284. The number of alkyl halides is 1. The molecule has 0 bridgehead atoms. The lowest BCUT2D eigenvalue weighted by Crippen LogP contribution is -1.93. The van der Waals surface area contributed by atoms with E-state index in [1.165, 1.54) is 0 Å². The van der Waals surface area contributed by atoms with Gasteiger partial charge in [-0.25, -0.2) is 4.39 Å². The minimum Gasteiger partial charge on any atom is -0.357 e. The van der Waals surface area contributed by atoms with Crippen LogP contribution in [0.5, 0.6) is 0 Å². The number of hydrogen-bond donors (Lipinski definition) is 0. The summed E-state index contributed by atoms with van der Waals surface area (Å²) in [7, 11) is 0. The molecule has 1 heterocycles. The fourth-order valence-electron chi connectivity index (χ4n) is 1.70. The van der Waals surface area contributed by atoms with Crippen molar-refractivity contribution in [1.29, 1.82) is 0 Å². The number of aromatic nitrogens is 1. The minimum absolute atomic E-state index is 0.253. The fraction of sp³-hybridized carbons (Fsp3) is 0.250. The van der Waals surface area contributed by atoms with Crippen molar-refractivity contribution < 1.29 is 8.91 Å². The molecule has 0 atom stereocenters. The molecule has 2 aromatic rings. The normalized spacial score (nSPS) is 17.1. The van der Waals surface area contributed by atoms with Crippen molar-refractivity contribution in [3.8, 4) is 11.3 Å². The van der Waals surface area contributed by atoms with Gasteiger partial charge in [0.2, 0.25) is 0 Å². The lowest BCUT2D eigenvalue weighted by molar-refractivity contribution is 0.235. The zero-order chi connectivity index (χ0) is 12.0. The van der Waals surface area contributed by atoms with Crippen molar-refractivity contribution in [3.05, 3.63) is 40.1 Å². The van der Waals surface area contributed by atoms with E-state index in [4.69, 9.17) is 27.7 Å². The van der Waals surface area contributed by atoms with Gasteiger partial charge in [0.05, 0.1) is 10.0 Å². The summed E-state index contributed by atoms with van der Waals surface area (Å²) >= 11 is 12.1. The molecule has 17 heavy (non-hydrogen) atoms. The van der Waals surface area contributed by atoms with E-state index in [-0.39, 0.29) is 5.76 Å². The Morgan fingerprint density at radius 2 is 1.88 bits per heavy atom. The second kappa shape index (κ2) is 3.72. The van der Waals surface area contributed by atoms with Crippen LogP contribution in [-0.2, 0) is 5.67 Å². The van der Waals surface area contributed by atoms with E-state index in [1.54, 1.807) is 24.3 Å². The zero-order valence-electron chi connectivity index (χ0n) is 8.71. The maximum absolute atomic E-state index is 13.8. The number of halogens is 3. The smallest absolute Gasteiger partial charge is 0.174 e. The molecule has 1 aliphatic carbocycles. The van der Waals surface area contributed by atoms with Crippen molar-refractivity contribution in [1.82, 2.24) is 5.16 Å². The quantitative estimate of drug-likeness (QED) is 0.798. The number of rotatable bonds is 2. The summed E-state index contributed by atoms with van der Waals surface area (Å²) in [6.07, 6.45) is 0.968. The number of hydrogen-bond acceptors (Lipinski definition) is 2. The molecule has 88 valence electrons. The summed E-state index contributed by atoms with van der Waals surface area (Å²) in [6, 6.07) is 6.73. The van der Waals surface area contributed by atoms with Crippen LogP contribution in [0, 0.1) is 0 Å². The van der Waals surface area contributed by atoms with Gasteiger partial charge in [0, 0.05) is 11.6 Å². The van der Waals surface area contributed by atoms with Gasteiger partial charge in [-0.2, -0.15) is 0 Å². The predicted octanol–water partition coefficient (Wildman–Crippen LogP) is 4.61. The van der Waals surface area contributed by atoms with Crippen molar-refractivity contribution in [2.24, 2.45) is 0 Å². The third-order valence-electron chi connectivity index (χ3n) is 2.86. The molecule has 1 aliphatic rings. The third kappa shape index (κ3) is 1.83. The first-order chi connectivity index (χ1) is 8.10. The van der Waals surface area contributed by atoms with Crippen LogP contribution in [0.4, 0.5) is 4.39 Å². The summed E-state index contributed by atoms with van der Waals surface area (Å²) in [4.78, 5) is 0.